The summed E-state index contributed by atoms with van der Waals surface area (Å²) in [5.41, 5.74) is 6.02. The lowest BCUT2D eigenvalue weighted by Gasteiger charge is -2.16. The molecule has 17 heteroatoms. The average molecular weight is 606 g/mol. The van der Waals surface area contributed by atoms with E-state index in [1.165, 1.54) is 13.1 Å². The van der Waals surface area contributed by atoms with Crippen LogP contribution in [0, 0.1) is 5.92 Å². The zero-order chi connectivity index (χ0) is 31.4. The molecule has 0 saturated heterocycles. The van der Waals surface area contributed by atoms with Crippen molar-refractivity contribution in [3.8, 4) is 5.88 Å². The minimum atomic E-state index is -4.60. The molecule has 13 nitrogen and oxygen atoms in total. The van der Waals surface area contributed by atoms with Crippen molar-refractivity contribution in [2.75, 3.05) is 11.9 Å². The summed E-state index contributed by atoms with van der Waals surface area (Å²) in [6.07, 6.45) is -7.76. The molecule has 0 unspecified atom stereocenters. The summed E-state index contributed by atoms with van der Waals surface area (Å²) >= 11 is 0. The van der Waals surface area contributed by atoms with E-state index in [1.807, 2.05) is 0 Å². The van der Waals surface area contributed by atoms with Crippen molar-refractivity contribution in [2.45, 2.75) is 83.7 Å². The second-order valence-electron chi connectivity index (χ2n) is 10.6. The van der Waals surface area contributed by atoms with Gasteiger partial charge in [-0.2, -0.15) is 18.3 Å². The second-order valence-corrected chi connectivity index (χ2v) is 10.6. The lowest BCUT2D eigenvalue weighted by molar-refractivity contribution is -0.154. The second kappa shape index (κ2) is 13.4. The Morgan fingerprint density at radius 1 is 1.14 bits per heavy atom. The number of aryl methyl sites for hydroxylation is 1. The van der Waals surface area contributed by atoms with E-state index in [2.05, 4.69) is 25.6 Å². The Morgan fingerprint density at radius 3 is 2.45 bits per heavy atom. The van der Waals surface area contributed by atoms with Crippen LogP contribution in [0.1, 0.15) is 62.6 Å². The molecule has 234 valence electrons. The number of hydrogen-bond donors (Lipinski definition) is 3. The van der Waals surface area contributed by atoms with Crippen LogP contribution in [0.4, 0.5) is 28.2 Å². The van der Waals surface area contributed by atoms with Crippen molar-refractivity contribution in [2.24, 2.45) is 18.7 Å². The number of halogens is 4. The lowest BCUT2D eigenvalue weighted by Crippen LogP contribution is -2.37. The Hall–Kier alpha value is -3.89. The molecular weight excluding hydrogens is 570 g/mol. The third-order valence-electron chi connectivity index (χ3n) is 6.35. The summed E-state index contributed by atoms with van der Waals surface area (Å²) in [5, 5.41) is 13.2. The Kier molecular flexibility index (Phi) is 10.4. The van der Waals surface area contributed by atoms with Crippen LogP contribution in [0.3, 0.4) is 0 Å². The molecule has 0 spiro atoms. The maximum atomic E-state index is 14.8. The Morgan fingerprint density at radius 2 is 1.83 bits per heavy atom. The van der Waals surface area contributed by atoms with Gasteiger partial charge in [-0.25, -0.2) is 13.9 Å². The number of ether oxygens (including phenoxy) is 3. The predicted octanol–water partition coefficient (Wildman–Crippen LogP) is 3.01. The van der Waals surface area contributed by atoms with Crippen molar-refractivity contribution < 1.29 is 46.2 Å². The maximum absolute atomic E-state index is 14.8. The van der Waals surface area contributed by atoms with Crippen molar-refractivity contribution in [3.05, 3.63) is 23.5 Å². The molecule has 0 bridgehead atoms. The first kappa shape index (κ1) is 32.6. The fourth-order valence-corrected chi connectivity index (χ4v) is 4.11. The molecule has 0 aromatic carbocycles. The molecule has 4 atom stereocenters. The first-order chi connectivity index (χ1) is 19.5. The van der Waals surface area contributed by atoms with Crippen LogP contribution in [-0.4, -0.2) is 74.7 Å². The molecule has 1 saturated carbocycles. The number of amides is 2. The van der Waals surface area contributed by atoms with Gasteiger partial charge in [-0.15, -0.1) is 5.10 Å². The Balaban J connectivity index is 1.80. The molecule has 2 aromatic heterocycles. The summed E-state index contributed by atoms with van der Waals surface area (Å²) in [4.78, 5) is 37.4. The van der Waals surface area contributed by atoms with Gasteiger partial charge in [-0.1, -0.05) is 13.8 Å². The number of carbonyl (C=O) groups excluding carboxylic acids is 3. The summed E-state index contributed by atoms with van der Waals surface area (Å²) in [6.45, 7) is 4.89. The molecule has 0 radical (unpaired) electrons. The molecule has 0 aliphatic heterocycles. The Bertz CT molecular complexity index is 1260. The van der Waals surface area contributed by atoms with E-state index in [4.69, 9.17) is 15.2 Å². The number of nitrogens with one attached hydrogen (secondary N) is 2. The molecule has 2 heterocycles. The fourth-order valence-electron chi connectivity index (χ4n) is 4.11. The SMILES string of the molecule is CC(C)NC(=O)O[C@@H]1C[C@H](c2cc(NC(=O)c3cc(OCC(F)(F)F)nn3C)n(COC(=O)[C@@H](N)C(C)C)n2)C[C@@H]1F. The molecule has 1 aliphatic rings. The monoisotopic (exact) mass is 605 g/mol. The van der Waals surface area contributed by atoms with Gasteiger partial charge < -0.3 is 30.6 Å². The molecule has 1 aliphatic carbocycles. The first-order valence-corrected chi connectivity index (χ1v) is 13.2. The van der Waals surface area contributed by atoms with Gasteiger partial charge in [0.2, 0.25) is 5.88 Å². The van der Waals surface area contributed by atoms with Crippen molar-refractivity contribution in [1.29, 1.82) is 0 Å². The van der Waals surface area contributed by atoms with Crippen LogP contribution in [-0.2, 0) is 28.0 Å². The van der Waals surface area contributed by atoms with Crippen LogP contribution < -0.4 is 21.1 Å². The minimum Gasteiger partial charge on any atom is -0.467 e. The maximum Gasteiger partial charge on any atom is 0.422 e. The highest BCUT2D eigenvalue weighted by molar-refractivity contribution is 6.02. The zero-order valence-corrected chi connectivity index (χ0v) is 23.8. The molecular formula is C25H35F4N7O6. The number of hydrogen-bond acceptors (Lipinski definition) is 9. The van der Waals surface area contributed by atoms with Gasteiger partial charge in [-0.3, -0.25) is 14.3 Å². The highest BCUT2D eigenvalue weighted by Gasteiger charge is 2.39. The van der Waals surface area contributed by atoms with E-state index in [0.29, 0.717) is 5.69 Å². The van der Waals surface area contributed by atoms with Gasteiger partial charge in [0.25, 0.3) is 5.91 Å². The number of aromatic nitrogens is 4. The van der Waals surface area contributed by atoms with E-state index >= 15 is 0 Å². The normalized spacial score (nSPS) is 19.6. The van der Waals surface area contributed by atoms with Gasteiger partial charge >= 0.3 is 18.2 Å². The highest BCUT2D eigenvalue weighted by atomic mass is 19.4. The number of nitrogens with two attached hydrogens (primary N) is 1. The molecule has 42 heavy (non-hydrogen) atoms. The van der Waals surface area contributed by atoms with Crippen LogP contribution in [0.15, 0.2) is 12.1 Å². The van der Waals surface area contributed by atoms with E-state index in [-0.39, 0.29) is 36.3 Å². The van der Waals surface area contributed by atoms with Crippen LogP contribution in [0.5, 0.6) is 5.88 Å². The number of anilines is 1. The number of alkyl carbamates (subject to hydrolysis) is 1. The quantitative estimate of drug-likeness (QED) is 0.258. The topological polar surface area (TPSA) is 165 Å². The third kappa shape index (κ3) is 8.80. The smallest absolute Gasteiger partial charge is 0.422 e. The van der Waals surface area contributed by atoms with Gasteiger partial charge in [-0.05, 0) is 32.6 Å². The largest absolute Gasteiger partial charge is 0.467 e. The van der Waals surface area contributed by atoms with Crippen LogP contribution in [0.2, 0.25) is 0 Å². The zero-order valence-electron chi connectivity index (χ0n) is 23.8. The molecule has 3 rings (SSSR count). The fraction of sp³-hybridized carbons (Fsp3) is 0.640. The van der Waals surface area contributed by atoms with E-state index < -0.39 is 67.6 Å². The van der Waals surface area contributed by atoms with Crippen molar-refractivity contribution in [3.63, 3.8) is 0 Å². The number of carbonyl (C=O) groups is 3. The van der Waals surface area contributed by atoms with E-state index in [1.54, 1.807) is 27.7 Å². The summed E-state index contributed by atoms with van der Waals surface area (Å²) in [5.74, 6) is -2.61. The summed E-state index contributed by atoms with van der Waals surface area (Å²) in [6, 6.07) is 1.35. The van der Waals surface area contributed by atoms with Crippen LogP contribution >= 0.6 is 0 Å². The highest BCUT2D eigenvalue weighted by Crippen LogP contribution is 2.38. The molecule has 1 fully saturated rings. The van der Waals surface area contributed by atoms with Crippen molar-refractivity contribution in [1.82, 2.24) is 24.9 Å². The van der Waals surface area contributed by atoms with E-state index in [9.17, 15) is 31.9 Å². The van der Waals surface area contributed by atoms with Crippen molar-refractivity contribution >= 4 is 23.8 Å². The van der Waals surface area contributed by atoms with Gasteiger partial charge in [0.15, 0.2) is 13.3 Å². The number of esters is 1. The summed E-state index contributed by atoms with van der Waals surface area (Å²) in [7, 11) is 1.34. The van der Waals surface area contributed by atoms with E-state index in [0.717, 1.165) is 15.4 Å². The molecule has 4 N–H and O–H groups in total. The van der Waals surface area contributed by atoms with Gasteiger partial charge in [0.1, 0.15) is 29.8 Å². The number of nitrogens with zero attached hydrogens (tertiary/aromatic N) is 4. The molecule has 2 aromatic rings. The third-order valence-corrected chi connectivity index (χ3v) is 6.35. The predicted molar refractivity (Wildman–Crippen MR) is 139 cm³/mol. The molecule has 2 amide bonds. The minimum absolute atomic E-state index is 0.0241. The van der Waals surface area contributed by atoms with Gasteiger partial charge in [0.05, 0.1) is 5.69 Å². The van der Waals surface area contributed by atoms with Gasteiger partial charge in [0, 0.05) is 31.1 Å². The number of rotatable bonds is 11. The average Bonchev–Trinajstić information content (AvgIpc) is 3.56. The van der Waals surface area contributed by atoms with Crippen LogP contribution in [0.25, 0.3) is 0 Å². The first-order valence-electron chi connectivity index (χ1n) is 13.2. The Labute approximate surface area is 239 Å². The standard InChI is InChI=1S/C25H35F4N7O6/c1-12(2)21(30)23(38)41-11-36-19(32-22(37)17-9-20(34-35(17)5)40-10-25(27,28)29)8-16(33-36)14-6-15(26)18(7-14)42-24(39)31-13(3)4/h8-9,12-15,18,21H,6-7,10-11,30H2,1-5H3,(H,31,39)(H,32,37)/t14-,15+,18-,21+/m1/s1. The lowest BCUT2D eigenvalue weighted by atomic mass is 10.0. The summed E-state index contributed by atoms with van der Waals surface area (Å²) < 4.78 is 69.6. The number of alkyl halides is 4.